The van der Waals surface area contributed by atoms with E-state index in [0.717, 1.165) is 22.3 Å². The van der Waals surface area contributed by atoms with Crippen molar-refractivity contribution in [1.82, 2.24) is 4.72 Å². The zero-order chi connectivity index (χ0) is 32.3. The number of aliphatic carboxylic acids is 1. The minimum atomic E-state index is -4.09. The molecule has 45 heavy (non-hydrogen) atoms. The number of hydrogen-bond acceptors (Lipinski definition) is 7. The van der Waals surface area contributed by atoms with Crippen molar-refractivity contribution in [3.05, 3.63) is 139 Å². The second-order valence-electron chi connectivity index (χ2n) is 11.1. The molecular weight excluding hydrogens is 590 g/mol. The Morgan fingerprint density at radius 2 is 1.40 bits per heavy atom. The van der Waals surface area contributed by atoms with Gasteiger partial charge in [-0.2, -0.15) is 4.72 Å². The van der Waals surface area contributed by atoms with E-state index in [1.54, 1.807) is 44.2 Å². The lowest BCUT2D eigenvalue weighted by molar-refractivity contribution is -0.138. The summed E-state index contributed by atoms with van der Waals surface area (Å²) >= 11 is 0. The van der Waals surface area contributed by atoms with E-state index in [0.29, 0.717) is 28.9 Å². The molecule has 0 aliphatic heterocycles. The number of rotatable bonds is 12. The summed E-state index contributed by atoms with van der Waals surface area (Å²) in [6.07, 6.45) is -0.0521. The molecule has 230 valence electrons. The molecule has 0 spiro atoms. The molecule has 0 bridgehead atoms. The first kappa shape index (κ1) is 31.4. The number of nitrogens with one attached hydrogen (secondary N) is 3. The van der Waals surface area contributed by atoms with E-state index in [2.05, 4.69) is 15.4 Å². The summed E-state index contributed by atoms with van der Waals surface area (Å²) in [6, 6.07) is 26.2. The van der Waals surface area contributed by atoms with Gasteiger partial charge in [-0.3, -0.25) is 14.4 Å². The summed E-state index contributed by atoms with van der Waals surface area (Å²) in [4.78, 5) is 36.7. The van der Waals surface area contributed by atoms with Gasteiger partial charge in [0, 0.05) is 12.2 Å². The molecule has 0 saturated carbocycles. The Morgan fingerprint density at radius 1 is 0.756 bits per heavy atom. The van der Waals surface area contributed by atoms with Crippen molar-refractivity contribution in [1.29, 1.82) is 0 Å². The fourth-order valence-electron chi connectivity index (χ4n) is 5.47. The van der Waals surface area contributed by atoms with Crippen LogP contribution in [0.25, 0.3) is 11.1 Å². The van der Waals surface area contributed by atoms with Crippen molar-refractivity contribution in [2.24, 2.45) is 0 Å². The molecule has 0 aromatic heterocycles. The van der Waals surface area contributed by atoms with Crippen molar-refractivity contribution in [2.75, 3.05) is 10.6 Å². The van der Waals surface area contributed by atoms with Crippen molar-refractivity contribution in [3.8, 4) is 11.1 Å². The number of carboxylic acids is 1. The normalized spacial score (nSPS) is 12.2. The van der Waals surface area contributed by atoms with E-state index in [4.69, 9.17) is 0 Å². The third-order valence-corrected chi connectivity index (χ3v) is 9.33. The van der Waals surface area contributed by atoms with Crippen LogP contribution in [-0.2, 0) is 27.8 Å². The maximum atomic E-state index is 13.2. The van der Waals surface area contributed by atoms with E-state index < -0.39 is 32.9 Å². The van der Waals surface area contributed by atoms with Crippen LogP contribution in [0.2, 0.25) is 0 Å². The molecule has 0 aliphatic carbocycles. The number of anilines is 3. The fraction of sp³-hybridized carbons (Fsp3) is 0.171. The molecule has 0 saturated heterocycles. The first-order valence-electron chi connectivity index (χ1n) is 14.3. The van der Waals surface area contributed by atoms with Gasteiger partial charge in [0.25, 0.3) is 10.9 Å². The molecule has 1 atom stereocenters. The van der Waals surface area contributed by atoms with E-state index in [-0.39, 0.29) is 22.7 Å². The zero-order valence-electron chi connectivity index (χ0n) is 25.0. The summed E-state index contributed by atoms with van der Waals surface area (Å²) in [6.45, 7) is 5.66. The number of carbonyl (C=O) groups is 1. The zero-order valence-corrected chi connectivity index (χ0v) is 25.9. The number of hydrogen-bond donors (Lipinski definition) is 4. The Morgan fingerprint density at radius 3 is 2.04 bits per heavy atom. The molecule has 4 N–H and O–H groups in total. The van der Waals surface area contributed by atoms with E-state index in [1.807, 2.05) is 67.6 Å². The lowest BCUT2D eigenvalue weighted by Crippen LogP contribution is -2.42. The highest BCUT2D eigenvalue weighted by molar-refractivity contribution is 7.89. The lowest BCUT2D eigenvalue weighted by atomic mass is 10.0. The quantitative estimate of drug-likeness (QED) is 0.139. The van der Waals surface area contributed by atoms with Gasteiger partial charge in [0.15, 0.2) is 0 Å². The van der Waals surface area contributed by atoms with Crippen LogP contribution in [0.1, 0.15) is 27.8 Å². The SMILES string of the molecule is Cc1cc(C)c(S(=O)(=O)NC(Cc2ccc(-c3cccc(Nc4c(NCc5ccccc5)c(=O)c4=O)c3)cc2)C(=O)O)c(C)c1. The Kier molecular flexibility index (Phi) is 8.99. The molecule has 10 heteroatoms. The van der Waals surface area contributed by atoms with Crippen LogP contribution in [0.5, 0.6) is 0 Å². The van der Waals surface area contributed by atoms with Gasteiger partial charge in [-0.25, -0.2) is 8.42 Å². The average Bonchev–Trinajstić information content (AvgIpc) is 3.00. The number of sulfonamides is 1. The second kappa shape index (κ2) is 12.9. The maximum Gasteiger partial charge on any atom is 0.322 e. The van der Waals surface area contributed by atoms with Crippen molar-refractivity contribution in [2.45, 2.75) is 44.7 Å². The van der Waals surface area contributed by atoms with Gasteiger partial charge < -0.3 is 15.7 Å². The third-order valence-electron chi connectivity index (χ3n) is 7.55. The van der Waals surface area contributed by atoms with Crippen LogP contribution < -0.4 is 26.2 Å². The van der Waals surface area contributed by atoms with Crippen molar-refractivity contribution >= 4 is 33.1 Å². The van der Waals surface area contributed by atoms with E-state index in [1.165, 1.54) is 0 Å². The fourth-order valence-corrected chi connectivity index (χ4v) is 7.11. The molecule has 0 amide bonds. The second-order valence-corrected chi connectivity index (χ2v) is 12.7. The Labute approximate surface area is 261 Å². The number of benzene rings is 4. The molecule has 1 unspecified atom stereocenters. The molecule has 0 fully saturated rings. The Balaban J connectivity index is 1.29. The average molecular weight is 624 g/mol. The summed E-state index contributed by atoms with van der Waals surface area (Å²) in [5.74, 6) is -1.28. The van der Waals surface area contributed by atoms with Gasteiger partial charge in [-0.15, -0.1) is 0 Å². The van der Waals surface area contributed by atoms with Crippen LogP contribution >= 0.6 is 0 Å². The summed E-state index contributed by atoms with van der Waals surface area (Å²) in [7, 11) is -4.09. The Hall–Kier alpha value is -5.06. The predicted octanol–water partition coefficient (Wildman–Crippen LogP) is 5.20. The number of carboxylic acid groups (broad SMARTS) is 1. The maximum absolute atomic E-state index is 13.2. The van der Waals surface area contributed by atoms with Gasteiger partial charge in [0.2, 0.25) is 10.0 Å². The summed E-state index contributed by atoms with van der Waals surface area (Å²) < 4.78 is 28.8. The van der Waals surface area contributed by atoms with Crippen molar-refractivity contribution < 1.29 is 18.3 Å². The highest BCUT2D eigenvalue weighted by Crippen LogP contribution is 2.27. The van der Waals surface area contributed by atoms with Crippen LogP contribution in [0, 0.1) is 20.8 Å². The van der Waals surface area contributed by atoms with Gasteiger partial charge in [-0.1, -0.05) is 84.4 Å². The molecule has 0 aliphatic rings. The van der Waals surface area contributed by atoms with Crippen LogP contribution in [0.15, 0.2) is 105 Å². The first-order chi connectivity index (χ1) is 21.4. The third kappa shape index (κ3) is 7.03. The van der Waals surface area contributed by atoms with E-state index in [9.17, 15) is 27.9 Å². The van der Waals surface area contributed by atoms with Crippen LogP contribution in [0.4, 0.5) is 17.1 Å². The highest BCUT2D eigenvalue weighted by atomic mass is 32.2. The van der Waals surface area contributed by atoms with Gasteiger partial charge in [0.1, 0.15) is 17.4 Å². The molecular formula is C35H33N3O6S. The van der Waals surface area contributed by atoms with E-state index >= 15 is 0 Å². The summed E-state index contributed by atoms with van der Waals surface area (Å²) in [5, 5.41) is 16.0. The topological polar surface area (TPSA) is 142 Å². The number of aryl methyl sites for hydroxylation is 3. The predicted molar refractivity (Wildman–Crippen MR) is 176 cm³/mol. The van der Waals surface area contributed by atoms with Gasteiger partial charge in [0.05, 0.1) is 4.90 Å². The van der Waals surface area contributed by atoms with Gasteiger partial charge >= 0.3 is 5.97 Å². The molecule has 0 radical (unpaired) electrons. The van der Waals surface area contributed by atoms with Crippen LogP contribution in [-0.4, -0.2) is 25.5 Å². The molecule has 5 aromatic carbocycles. The van der Waals surface area contributed by atoms with Crippen molar-refractivity contribution in [3.63, 3.8) is 0 Å². The lowest BCUT2D eigenvalue weighted by Gasteiger charge is -2.18. The minimum absolute atomic E-state index is 0.0521. The molecule has 5 aromatic rings. The minimum Gasteiger partial charge on any atom is -0.480 e. The Bertz CT molecular complexity index is 2030. The molecule has 9 nitrogen and oxygen atoms in total. The first-order valence-corrected chi connectivity index (χ1v) is 15.8. The summed E-state index contributed by atoms with van der Waals surface area (Å²) in [5.41, 5.74) is 5.21. The van der Waals surface area contributed by atoms with Gasteiger partial charge in [-0.05, 0) is 72.7 Å². The highest BCUT2D eigenvalue weighted by Gasteiger charge is 2.28. The van der Waals surface area contributed by atoms with Crippen LogP contribution in [0.3, 0.4) is 0 Å². The molecule has 5 rings (SSSR count). The smallest absolute Gasteiger partial charge is 0.322 e. The molecule has 0 heterocycles. The monoisotopic (exact) mass is 623 g/mol. The largest absolute Gasteiger partial charge is 0.480 e. The standard InChI is InChI=1S/C35H33N3O6S/c1-21-16-22(2)34(23(3)17-21)45(43,44)38-29(35(41)42)18-24-12-14-26(15-13-24)27-10-7-11-28(19-27)37-31-30(32(39)33(31)40)36-20-25-8-5-4-6-9-25/h4-17,19,29,36-38H,18,20H2,1-3H3,(H,41,42).